The number of benzene rings is 1. The van der Waals surface area contributed by atoms with Crippen LogP contribution >= 0.6 is 0 Å². The Labute approximate surface area is 104 Å². The zero-order valence-corrected chi connectivity index (χ0v) is 10.4. The Morgan fingerprint density at radius 1 is 1.50 bits per heavy atom. The molecule has 0 aromatic heterocycles. The van der Waals surface area contributed by atoms with Crippen LogP contribution in [0, 0.1) is 5.82 Å². The van der Waals surface area contributed by atoms with E-state index in [0.29, 0.717) is 11.3 Å². The van der Waals surface area contributed by atoms with E-state index < -0.39 is 17.7 Å². The molecule has 1 aliphatic rings. The fraction of sp³-hybridized carbons (Fsp3) is 0.417. The average molecular weight is 255 g/mol. The monoisotopic (exact) mass is 255 g/mol. The van der Waals surface area contributed by atoms with E-state index >= 15 is 0 Å². The molecule has 1 heterocycles. The SMILES string of the molecule is CNC(=O)Oc1cc(F)cc2c1OC(C)(C)OC2. The molecule has 1 aliphatic heterocycles. The van der Waals surface area contributed by atoms with Crippen molar-refractivity contribution >= 4 is 6.09 Å². The van der Waals surface area contributed by atoms with Crippen LogP contribution in [0.2, 0.25) is 0 Å². The number of rotatable bonds is 1. The van der Waals surface area contributed by atoms with Crippen molar-refractivity contribution in [2.75, 3.05) is 7.05 Å². The highest BCUT2D eigenvalue weighted by Gasteiger charge is 2.31. The first-order valence-electron chi connectivity index (χ1n) is 5.46. The number of ether oxygens (including phenoxy) is 3. The van der Waals surface area contributed by atoms with Gasteiger partial charge in [-0.15, -0.1) is 0 Å². The Morgan fingerprint density at radius 3 is 2.89 bits per heavy atom. The molecule has 0 saturated heterocycles. The van der Waals surface area contributed by atoms with E-state index in [1.165, 1.54) is 13.1 Å². The number of fused-ring (bicyclic) bond motifs is 1. The first-order valence-corrected chi connectivity index (χ1v) is 5.46. The van der Waals surface area contributed by atoms with Crippen molar-refractivity contribution in [2.24, 2.45) is 0 Å². The lowest BCUT2D eigenvalue weighted by atomic mass is 10.1. The van der Waals surface area contributed by atoms with E-state index in [9.17, 15) is 9.18 Å². The van der Waals surface area contributed by atoms with Crippen LogP contribution in [0.1, 0.15) is 19.4 Å². The van der Waals surface area contributed by atoms with Gasteiger partial charge in [-0.2, -0.15) is 0 Å². The van der Waals surface area contributed by atoms with Crippen LogP contribution in [0.4, 0.5) is 9.18 Å². The first-order chi connectivity index (χ1) is 8.41. The second-order valence-corrected chi connectivity index (χ2v) is 4.32. The van der Waals surface area contributed by atoms with Gasteiger partial charge in [0.15, 0.2) is 11.5 Å². The molecule has 0 atom stereocenters. The third-order valence-electron chi connectivity index (χ3n) is 2.43. The van der Waals surface area contributed by atoms with E-state index in [1.807, 2.05) is 0 Å². The van der Waals surface area contributed by atoms with Gasteiger partial charge < -0.3 is 19.5 Å². The van der Waals surface area contributed by atoms with Gasteiger partial charge in [0.1, 0.15) is 5.82 Å². The molecule has 6 heteroatoms. The van der Waals surface area contributed by atoms with Gasteiger partial charge in [-0.3, -0.25) is 0 Å². The summed E-state index contributed by atoms with van der Waals surface area (Å²) in [6.45, 7) is 3.65. The van der Waals surface area contributed by atoms with E-state index in [-0.39, 0.29) is 12.4 Å². The standard InChI is InChI=1S/C12H14FNO4/c1-12(2)16-6-7-4-8(13)5-9(10(7)18-12)17-11(15)14-3/h4-5H,6H2,1-3H3,(H,14,15). The largest absolute Gasteiger partial charge is 0.459 e. The van der Waals surface area contributed by atoms with Crippen LogP contribution in [-0.2, 0) is 11.3 Å². The van der Waals surface area contributed by atoms with E-state index in [0.717, 1.165) is 6.07 Å². The molecule has 1 N–H and O–H groups in total. The summed E-state index contributed by atoms with van der Waals surface area (Å²) in [4.78, 5) is 11.2. The first kappa shape index (κ1) is 12.6. The molecular formula is C12H14FNO4. The molecule has 1 aromatic carbocycles. The van der Waals surface area contributed by atoms with Crippen molar-refractivity contribution < 1.29 is 23.4 Å². The summed E-state index contributed by atoms with van der Waals surface area (Å²) >= 11 is 0. The molecule has 98 valence electrons. The number of hydrogen-bond donors (Lipinski definition) is 1. The summed E-state index contributed by atoms with van der Waals surface area (Å²) in [7, 11) is 1.42. The second kappa shape index (κ2) is 4.45. The fourth-order valence-corrected chi connectivity index (χ4v) is 1.60. The molecule has 5 nitrogen and oxygen atoms in total. The van der Waals surface area contributed by atoms with Gasteiger partial charge in [-0.25, -0.2) is 9.18 Å². The molecule has 2 rings (SSSR count). The Morgan fingerprint density at radius 2 is 2.22 bits per heavy atom. The summed E-state index contributed by atoms with van der Waals surface area (Å²) in [5.41, 5.74) is 0.508. The van der Waals surface area contributed by atoms with Crippen LogP contribution in [0.25, 0.3) is 0 Å². The number of carbonyl (C=O) groups excluding carboxylic acids is 1. The van der Waals surface area contributed by atoms with Gasteiger partial charge in [0.25, 0.3) is 0 Å². The quantitative estimate of drug-likeness (QED) is 0.835. The third kappa shape index (κ3) is 2.53. The van der Waals surface area contributed by atoms with Crippen LogP contribution in [0.15, 0.2) is 12.1 Å². The molecular weight excluding hydrogens is 241 g/mol. The molecule has 0 unspecified atom stereocenters. The topological polar surface area (TPSA) is 56.8 Å². The van der Waals surface area contributed by atoms with E-state index in [4.69, 9.17) is 14.2 Å². The van der Waals surface area contributed by atoms with Gasteiger partial charge in [-0.05, 0) is 6.07 Å². The lowest BCUT2D eigenvalue weighted by Gasteiger charge is -2.33. The molecule has 0 spiro atoms. The Hall–Kier alpha value is -1.82. The lowest BCUT2D eigenvalue weighted by molar-refractivity contribution is -0.180. The molecule has 18 heavy (non-hydrogen) atoms. The molecule has 0 aliphatic carbocycles. The normalized spacial score (nSPS) is 16.4. The Bertz CT molecular complexity index is 487. The molecule has 0 radical (unpaired) electrons. The van der Waals surface area contributed by atoms with Gasteiger partial charge in [-0.1, -0.05) is 0 Å². The van der Waals surface area contributed by atoms with Crippen molar-refractivity contribution in [2.45, 2.75) is 26.2 Å². The van der Waals surface area contributed by atoms with Crippen molar-refractivity contribution in [3.63, 3.8) is 0 Å². The van der Waals surface area contributed by atoms with Gasteiger partial charge >= 0.3 is 6.09 Å². The maximum absolute atomic E-state index is 13.4. The predicted molar refractivity (Wildman–Crippen MR) is 61.0 cm³/mol. The highest BCUT2D eigenvalue weighted by molar-refractivity contribution is 5.71. The molecule has 1 aromatic rings. The summed E-state index contributed by atoms with van der Waals surface area (Å²) < 4.78 is 29.3. The van der Waals surface area contributed by atoms with E-state index in [2.05, 4.69) is 5.32 Å². The smallest absolute Gasteiger partial charge is 0.412 e. The van der Waals surface area contributed by atoms with E-state index in [1.54, 1.807) is 13.8 Å². The van der Waals surface area contributed by atoms with Gasteiger partial charge in [0.2, 0.25) is 5.79 Å². The zero-order chi connectivity index (χ0) is 13.3. The van der Waals surface area contributed by atoms with Crippen molar-refractivity contribution in [1.29, 1.82) is 0 Å². The number of halogens is 1. The summed E-state index contributed by atoms with van der Waals surface area (Å²) in [6.07, 6.45) is -0.685. The fourth-order valence-electron chi connectivity index (χ4n) is 1.60. The number of amides is 1. The minimum Gasteiger partial charge on any atom is -0.459 e. The predicted octanol–water partition coefficient (Wildman–Crippen LogP) is 2.19. The molecule has 0 fully saturated rings. The van der Waals surface area contributed by atoms with Crippen molar-refractivity contribution in [3.05, 3.63) is 23.5 Å². The second-order valence-electron chi connectivity index (χ2n) is 4.32. The van der Waals surface area contributed by atoms with Crippen LogP contribution in [0.5, 0.6) is 11.5 Å². The highest BCUT2D eigenvalue weighted by Crippen LogP contribution is 2.39. The molecule has 0 bridgehead atoms. The van der Waals surface area contributed by atoms with Crippen molar-refractivity contribution in [1.82, 2.24) is 5.32 Å². The van der Waals surface area contributed by atoms with Crippen molar-refractivity contribution in [3.8, 4) is 11.5 Å². The minimum absolute atomic E-state index is 0.0423. The Kier molecular flexibility index (Phi) is 3.13. The minimum atomic E-state index is -0.842. The highest BCUT2D eigenvalue weighted by atomic mass is 19.1. The number of nitrogens with one attached hydrogen (secondary N) is 1. The maximum atomic E-state index is 13.4. The van der Waals surface area contributed by atoms with Crippen LogP contribution in [-0.4, -0.2) is 18.9 Å². The number of hydrogen-bond acceptors (Lipinski definition) is 4. The maximum Gasteiger partial charge on any atom is 0.412 e. The third-order valence-corrected chi connectivity index (χ3v) is 2.43. The van der Waals surface area contributed by atoms with Crippen LogP contribution in [0.3, 0.4) is 0 Å². The summed E-state index contributed by atoms with van der Waals surface area (Å²) in [5, 5.41) is 2.29. The zero-order valence-electron chi connectivity index (χ0n) is 10.4. The molecule has 1 amide bonds. The lowest BCUT2D eigenvalue weighted by Crippen LogP contribution is -2.36. The van der Waals surface area contributed by atoms with Gasteiger partial charge in [0.05, 0.1) is 6.61 Å². The molecule has 0 saturated carbocycles. The average Bonchev–Trinajstić information content (AvgIpc) is 2.29. The van der Waals surface area contributed by atoms with Crippen LogP contribution < -0.4 is 14.8 Å². The summed E-state index contributed by atoms with van der Waals surface area (Å²) in [6, 6.07) is 2.40. The Balaban J connectivity index is 2.40. The van der Waals surface area contributed by atoms with Gasteiger partial charge in [0, 0.05) is 32.5 Å². The number of carbonyl (C=O) groups is 1. The summed E-state index contributed by atoms with van der Waals surface area (Å²) in [5.74, 6) is -0.984.